The fourth-order valence-corrected chi connectivity index (χ4v) is 5.91. The fourth-order valence-electron chi connectivity index (χ4n) is 5.91. The van der Waals surface area contributed by atoms with Gasteiger partial charge < -0.3 is 37.9 Å². The van der Waals surface area contributed by atoms with E-state index in [2.05, 4.69) is 0 Å². The first-order valence-electron chi connectivity index (χ1n) is 20.7. The highest BCUT2D eigenvalue weighted by molar-refractivity contribution is 5.93. The van der Waals surface area contributed by atoms with E-state index in [9.17, 15) is 38.4 Å². The van der Waals surface area contributed by atoms with Crippen molar-refractivity contribution in [1.82, 2.24) is 0 Å². The number of ether oxygens (including phenoxy) is 8. The molecular formula is C47H52O16. The number of hydrogen-bond donors (Lipinski definition) is 0. The normalized spacial score (nSPS) is 11.7. The lowest BCUT2D eigenvalue weighted by Gasteiger charge is -2.13. The number of carbonyl (C=O) groups excluding carboxylic acids is 8. The SMILES string of the molecule is CCCCCOC(=O)COC(=O)C(C)c1ccc2cc(OC(=O)COC(=O)CC(=O)OCC(=O)Oc3ccc4ccc(C(C)C(=O)OCC(=O)OCCCCC)cc4c3)ccc2c1. The summed E-state index contributed by atoms with van der Waals surface area (Å²) in [4.78, 5) is 98.2. The lowest BCUT2D eigenvalue weighted by molar-refractivity contribution is -0.162. The minimum atomic E-state index is -1.10. The highest BCUT2D eigenvalue weighted by atomic mass is 16.6. The molecule has 16 nitrogen and oxygen atoms in total. The first-order chi connectivity index (χ1) is 30.3. The molecule has 4 aromatic carbocycles. The molecule has 0 saturated heterocycles. The highest BCUT2D eigenvalue weighted by Gasteiger charge is 2.22. The smallest absolute Gasteiger partial charge is 0.349 e. The summed E-state index contributed by atoms with van der Waals surface area (Å²) in [7, 11) is 0. The molecule has 0 aliphatic heterocycles. The summed E-state index contributed by atoms with van der Waals surface area (Å²) >= 11 is 0. The fraction of sp³-hybridized carbons (Fsp3) is 0.404. The number of hydrogen-bond acceptors (Lipinski definition) is 16. The Morgan fingerprint density at radius 3 is 1.30 bits per heavy atom. The van der Waals surface area contributed by atoms with Gasteiger partial charge in [0.05, 0.1) is 25.0 Å². The van der Waals surface area contributed by atoms with Crippen LogP contribution in [0.25, 0.3) is 21.5 Å². The van der Waals surface area contributed by atoms with Crippen LogP contribution in [0.1, 0.15) is 95.6 Å². The van der Waals surface area contributed by atoms with Crippen molar-refractivity contribution in [3.8, 4) is 11.5 Å². The van der Waals surface area contributed by atoms with Gasteiger partial charge in [-0.25, -0.2) is 19.2 Å². The number of esters is 8. The summed E-state index contributed by atoms with van der Waals surface area (Å²) in [6.07, 6.45) is 4.41. The zero-order valence-electron chi connectivity index (χ0n) is 35.8. The highest BCUT2D eigenvalue weighted by Crippen LogP contribution is 2.28. The molecule has 336 valence electrons. The summed E-state index contributed by atoms with van der Waals surface area (Å²) in [6, 6.07) is 19.9. The van der Waals surface area contributed by atoms with Crippen LogP contribution < -0.4 is 9.47 Å². The van der Waals surface area contributed by atoms with Crippen LogP contribution in [0.4, 0.5) is 0 Å². The predicted octanol–water partition coefficient (Wildman–Crippen LogP) is 6.74. The molecule has 0 heterocycles. The summed E-state index contributed by atoms with van der Waals surface area (Å²) in [5, 5.41) is 2.80. The first kappa shape index (κ1) is 48.8. The summed E-state index contributed by atoms with van der Waals surface area (Å²) in [5.74, 6) is -7.62. The van der Waals surface area contributed by atoms with Crippen LogP contribution in [0.15, 0.2) is 72.8 Å². The van der Waals surface area contributed by atoms with Gasteiger partial charge in [-0.05, 0) is 83.6 Å². The Bertz CT molecular complexity index is 2260. The van der Waals surface area contributed by atoms with E-state index >= 15 is 0 Å². The van der Waals surface area contributed by atoms with E-state index in [0.29, 0.717) is 21.9 Å². The van der Waals surface area contributed by atoms with E-state index in [1.54, 1.807) is 74.5 Å². The maximum absolute atomic E-state index is 12.6. The van der Waals surface area contributed by atoms with Crippen LogP contribution in [0.3, 0.4) is 0 Å². The third-order valence-corrected chi connectivity index (χ3v) is 9.52. The average Bonchev–Trinajstić information content (AvgIpc) is 3.27. The second kappa shape index (κ2) is 25.2. The molecule has 16 heteroatoms. The van der Waals surface area contributed by atoms with Gasteiger partial charge in [0.25, 0.3) is 0 Å². The Hall–Kier alpha value is -6.84. The van der Waals surface area contributed by atoms with E-state index in [1.807, 2.05) is 13.8 Å². The van der Waals surface area contributed by atoms with E-state index in [0.717, 1.165) is 49.3 Å². The van der Waals surface area contributed by atoms with Gasteiger partial charge in [-0.1, -0.05) is 88.1 Å². The van der Waals surface area contributed by atoms with Crippen LogP contribution in [0.5, 0.6) is 11.5 Å². The molecule has 0 spiro atoms. The standard InChI is InChI=1S/C47H52O16/c1-5-7-9-19-56-42(50)26-60-46(54)30(3)33-13-14-36-23-38(18-16-35(36)21-33)62-44(52)28-58-40(48)25-41(49)59-29-45(53)63-39-17-15-32-11-12-34(22-37(32)24-39)31(4)47(55)61-27-43(51)57-20-10-8-6-2/h11-18,21-24,30-31H,5-10,19-20,25-29H2,1-4H3. The van der Waals surface area contributed by atoms with Gasteiger partial charge in [0, 0.05) is 0 Å². The molecule has 0 radical (unpaired) electrons. The van der Waals surface area contributed by atoms with Crippen LogP contribution in [0, 0.1) is 0 Å². The monoisotopic (exact) mass is 872 g/mol. The molecule has 0 aliphatic carbocycles. The average molecular weight is 873 g/mol. The van der Waals surface area contributed by atoms with Gasteiger partial charge in [-0.2, -0.15) is 0 Å². The molecule has 0 aliphatic rings. The zero-order chi connectivity index (χ0) is 45.7. The largest absolute Gasteiger partial charge is 0.463 e. The molecule has 0 fully saturated rings. The number of unbranched alkanes of at least 4 members (excludes halogenated alkanes) is 4. The first-order valence-corrected chi connectivity index (χ1v) is 20.7. The number of rotatable bonds is 24. The van der Waals surface area contributed by atoms with Crippen molar-refractivity contribution in [2.24, 2.45) is 0 Å². The summed E-state index contributed by atoms with van der Waals surface area (Å²) < 4.78 is 40.6. The number of benzene rings is 4. The summed E-state index contributed by atoms with van der Waals surface area (Å²) in [5.41, 5.74) is 1.23. The predicted molar refractivity (Wildman–Crippen MR) is 225 cm³/mol. The molecule has 0 bridgehead atoms. The third-order valence-electron chi connectivity index (χ3n) is 9.52. The Morgan fingerprint density at radius 1 is 0.413 bits per heavy atom. The van der Waals surface area contributed by atoms with Gasteiger partial charge in [-0.15, -0.1) is 0 Å². The Labute approximate surface area is 364 Å². The number of fused-ring (bicyclic) bond motifs is 2. The van der Waals surface area contributed by atoms with Gasteiger partial charge >= 0.3 is 47.8 Å². The molecule has 0 N–H and O–H groups in total. The lowest BCUT2D eigenvalue weighted by atomic mass is 9.98. The van der Waals surface area contributed by atoms with Crippen LogP contribution in [-0.2, 0) is 66.8 Å². The zero-order valence-corrected chi connectivity index (χ0v) is 35.8. The van der Waals surface area contributed by atoms with Crippen molar-refractivity contribution in [1.29, 1.82) is 0 Å². The van der Waals surface area contributed by atoms with Crippen LogP contribution in [0.2, 0.25) is 0 Å². The molecule has 4 rings (SSSR count). The van der Waals surface area contributed by atoms with Crippen molar-refractivity contribution in [2.75, 3.05) is 39.6 Å². The van der Waals surface area contributed by atoms with Crippen molar-refractivity contribution in [2.45, 2.75) is 84.5 Å². The van der Waals surface area contributed by atoms with Crippen molar-refractivity contribution in [3.05, 3.63) is 83.9 Å². The lowest BCUT2D eigenvalue weighted by Crippen LogP contribution is -2.23. The quantitative estimate of drug-likeness (QED) is 0.0235. The van der Waals surface area contributed by atoms with Crippen LogP contribution >= 0.6 is 0 Å². The van der Waals surface area contributed by atoms with E-state index in [1.165, 1.54) is 12.1 Å². The molecular weight excluding hydrogens is 821 g/mol. The summed E-state index contributed by atoms with van der Waals surface area (Å²) in [6.45, 7) is 5.29. The van der Waals surface area contributed by atoms with Gasteiger partial charge in [0.1, 0.15) is 17.9 Å². The molecule has 4 aromatic rings. The maximum atomic E-state index is 12.6. The minimum absolute atomic E-state index is 0.122. The van der Waals surface area contributed by atoms with Gasteiger partial charge in [0.2, 0.25) is 0 Å². The molecule has 2 unspecified atom stereocenters. The molecule has 0 saturated carbocycles. The second-order valence-electron chi connectivity index (χ2n) is 14.5. The minimum Gasteiger partial charge on any atom is -0.463 e. The third kappa shape index (κ3) is 16.5. The van der Waals surface area contributed by atoms with Gasteiger partial charge in [0.15, 0.2) is 26.4 Å². The molecule has 63 heavy (non-hydrogen) atoms. The Morgan fingerprint density at radius 2 is 0.810 bits per heavy atom. The van der Waals surface area contributed by atoms with E-state index in [-0.39, 0.29) is 24.7 Å². The van der Waals surface area contributed by atoms with Crippen LogP contribution in [-0.4, -0.2) is 87.4 Å². The van der Waals surface area contributed by atoms with Crippen molar-refractivity contribution in [3.63, 3.8) is 0 Å². The van der Waals surface area contributed by atoms with E-state index in [4.69, 9.17) is 37.9 Å². The van der Waals surface area contributed by atoms with Crippen molar-refractivity contribution >= 4 is 69.3 Å². The molecule has 2 atom stereocenters. The maximum Gasteiger partial charge on any atom is 0.349 e. The molecule has 0 amide bonds. The number of carbonyl (C=O) groups is 8. The topological polar surface area (TPSA) is 210 Å². The van der Waals surface area contributed by atoms with E-state index < -0.39 is 92.4 Å². The Balaban J connectivity index is 1.16. The molecule has 0 aromatic heterocycles. The van der Waals surface area contributed by atoms with Gasteiger partial charge in [-0.3, -0.25) is 19.2 Å². The van der Waals surface area contributed by atoms with Crippen molar-refractivity contribution < 1.29 is 76.3 Å². The Kier molecular flexibility index (Phi) is 19.5. The second-order valence-corrected chi connectivity index (χ2v) is 14.5.